The molecule has 4 aliphatic carbocycles. The Balaban J connectivity index is 1.41. The number of hydrogen-bond donors (Lipinski definition) is 1. The number of fused-ring (bicyclic) bond motifs is 7. The Morgan fingerprint density at radius 2 is 1.96 bits per heavy atom. The van der Waals surface area contributed by atoms with E-state index in [0.717, 1.165) is 37.6 Å². The first kappa shape index (κ1) is 19.2. The van der Waals surface area contributed by atoms with Crippen LogP contribution in [0.1, 0.15) is 78.6 Å². The van der Waals surface area contributed by atoms with Crippen LogP contribution in [0.2, 0.25) is 0 Å². The number of aliphatic imine (C=N–C) groups is 1. The molecule has 0 radical (unpaired) electrons. The van der Waals surface area contributed by atoms with Gasteiger partial charge in [-0.1, -0.05) is 45.0 Å². The number of carbonyl (C=O) groups is 1. The summed E-state index contributed by atoms with van der Waals surface area (Å²) in [6.45, 7) is 8.13. The van der Waals surface area contributed by atoms with Crippen LogP contribution >= 0.6 is 11.8 Å². The van der Waals surface area contributed by atoms with Crippen LogP contribution in [0, 0.1) is 28.6 Å². The minimum Gasteiger partial charge on any atom is -0.365 e. The van der Waals surface area contributed by atoms with Crippen molar-refractivity contribution in [1.82, 2.24) is 5.32 Å². The number of carbonyl (C=O) groups excluding carboxylic acids is 1. The Kier molecular flexibility index (Phi) is 4.73. The summed E-state index contributed by atoms with van der Waals surface area (Å²) in [5.41, 5.74) is 1.94. The summed E-state index contributed by atoms with van der Waals surface area (Å²) >= 11 is 2.00. The fraction of sp³-hybridized carbons (Fsp3) is 0.833. The van der Waals surface area contributed by atoms with Crippen LogP contribution in [0.4, 0.5) is 0 Å². The van der Waals surface area contributed by atoms with E-state index in [2.05, 4.69) is 32.2 Å². The Labute approximate surface area is 174 Å². The highest BCUT2D eigenvalue weighted by Gasteiger charge is 2.60. The molecular weight excluding hydrogens is 364 g/mol. The first-order valence-corrected chi connectivity index (χ1v) is 12.6. The van der Waals surface area contributed by atoms with Gasteiger partial charge in [0, 0.05) is 23.6 Å². The zero-order valence-corrected chi connectivity index (χ0v) is 18.6. The van der Waals surface area contributed by atoms with Crippen LogP contribution in [-0.2, 0) is 4.79 Å². The van der Waals surface area contributed by atoms with Crippen LogP contribution < -0.4 is 5.32 Å². The lowest BCUT2D eigenvalue weighted by atomic mass is 9.47. The molecule has 0 spiro atoms. The smallest absolute Gasteiger partial charge is 0.157 e. The molecule has 28 heavy (non-hydrogen) atoms. The van der Waals surface area contributed by atoms with E-state index < -0.39 is 0 Å². The van der Waals surface area contributed by atoms with E-state index in [0.29, 0.717) is 28.4 Å². The Bertz CT molecular complexity index is 730. The van der Waals surface area contributed by atoms with E-state index in [1.165, 1.54) is 43.7 Å². The lowest BCUT2D eigenvalue weighted by Gasteiger charge is -2.57. The van der Waals surface area contributed by atoms with E-state index in [9.17, 15) is 4.79 Å². The van der Waals surface area contributed by atoms with Gasteiger partial charge in [0.2, 0.25) is 0 Å². The summed E-state index contributed by atoms with van der Waals surface area (Å²) in [5, 5.41) is 5.42. The van der Waals surface area contributed by atoms with Crippen LogP contribution in [-0.4, -0.2) is 28.8 Å². The minimum atomic E-state index is -0.0161. The van der Waals surface area contributed by atoms with Gasteiger partial charge in [-0.3, -0.25) is 9.79 Å². The Morgan fingerprint density at radius 1 is 1.18 bits per heavy atom. The minimum absolute atomic E-state index is 0.0161. The number of hydrogen-bond acceptors (Lipinski definition) is 4. The lowest BCUT2D eigenvalue weighted by Crippen LogP contribution is -2.52. The summed E-state index contributed by atoms with van der Waals surface area (Å²) in [4.78, 5) is 17.8. The summed E-state index contributed by atoms with van der Waals surface area (Å²) in [7, 11) is 0. The Morgan fingerprint density at radius 3 is 2.79 bits per heavy atom. The highest BCUT2D eigenvalue weighted by Crippen LogP contribution is 2.65. The molecule has 0 aromatic carbocycles. The zero-order chi connectivity index (χ0) is 19.5. The van der Waals surface area contributed by atoms with E-state index in [1.54, 1.807) is 5.57 Å². The third-order valence-electron chi connectivity index (χ3n) is 9.18. The second-order valence-corrected chi connectivity index (χ2v) is 11.7. The van der Waals surface area contributed by atoms with Crippen LogP contribution in [0.25, 0.3) is 0 Å². The SMILES string of the molecule is CCCCNC1=NC2C3=CC[C@@H]4[C@H](CC[C@]5(C)C(=O)CC[C@@H]45)[C@@]3(C)CCC2S1. The van der Waals surface area contributed by atoms with Gasteiger partial charge in [0.05, 0.1) is 6.04 Å². The molecule has 4 heteroatoms. The van der Waals surface area contributed by atoms with E-state index >= 15 is 0 Å². The molecule has 2 unspecified atom stereocenters. The molecule has 1 aliphatic heterocycles. The molecule has 0 amide bonds. The first-order valence-electron chi connectivity index (χ1n) is 11.7. The van der Waals surface area contributed by atoms with Crippen molar-refractivity contribution in [2.24, 2.45) is 33.6 Å². The standard InChI is InChI=1S/C24H36N2OS/c1-4-5-14-25-22-26-21-18-7-6-15-16-8-9-20(27)24(16,3)12-10-17(15)23(18,2)13-11-19(21)28-22/h7,15-17,19,21H,4-6,8-14H2,1-3H3,(H,25,26)/t15-,16-,17-,19?,21?,23+,24-/m0/s1. The molecule has 0 aromatic rings. The molecule has 0 saturated heterocycles. The lowest BCUT2D eigenvalue weighted by molar-refractivity contribution is -0.131. The number of ketones is 1. The maximum atomic E-state index is 12.6. The molecule has 3 fully saturated rings. The topological polar surface area (TPSA) is 41.5 Å². The van der Waals surface area contributed by atoms with Gasteiger partial charge in [-0.05, 0) is 73.7 Å². The van der Waals surface area contributed by atoms with Gasteiger partial charge in [-0.25, -0.2) is 0 Å². The van der Waals surface area contributed by atoms with E-state index in [1.807, 2.05) is 11.8 Å². The summed E-state index contributed by atoms with van der Waals surface area (Å²) in [5.74, 6) is 2.66. The van der Waals surface area contributed by atoms with Crippen molar-refractivity contribution in [2.75, 3.05) is 6.54 Å². The molecule has 1 heterocycles. The number of Topliss-reactive ketones (excluding diaryl/α,β-unsaturated/α-hetero) is 1. The second-order valence-electron chi connectivity index (χ2n) is 10.5. The van der Waals surface area contributed by atoms with Gasteiger partial charge in [0.15, 0.2) is 5.17 Å². The number of amidine groups is 1. The number of rotatable bonds is 3. The van der Waals surface area contributed by atoms with Gasteiger partial charge in [-0.15, -0.1) is 0 Å². The zero-order valence-electron chi connectivity index (χ0n) is 17.8. The second kappa shape index (κ2) is 6.89. The number of allylic oxidation sites excluding steroid dienone is 1. The van der Waals surface area contributed by atoms with Crippen LogP contribution in [0.15, 0.2) is 16.6 Å². The van der Waals surface area contributed by atoms with Gasteiger partial charge >= 0.3 is 0 Å². The van der Waals surface area contributed by atoms with Crippen molar-refractivity contribution in [3.8, 4) is 0 Å². The molecule has 0 aromatic heterocycles. The number of nitrogens with zero attached hydrogens (tertiary/aromatic N) is 1. The normalized spacial score (nSPS) is 46.8. The number of nitrogens with one attached hydrogen (secondary N) is 1. The number of unbranched alkanes of at least 4 members (excludes halogenated alkanes) is 1. The van der Waals surface area contributed by atoms with Crippen molar-refractivity contribution in [2.45, 2.75) is 89.9 Å². The fourth-order valence-corrected chi connectivity index (χ4v) is 8.73. The van der Waals surface area contributed by atoms with Gasteiger partial charge < -0.3 is 5.32 Å². The molecule has 3 nitrogen and oxygen atoms in total. The molecule has 3 saturated carbocycles. The molecule has 7 atom stereocenters. The van der Waals surface area contributed by atoms with Gasteiger partial charge in [0.1, 0.15) is 5.78 Å². The Hall–Kier alpha value is -0.770. The highest BCUT2D eigenvalue weighted by atomic mass is 32.2. The molecule has 5 aliphatic rings. The van der Waals surface area contributed by atoms with Crippen molar-refractivity contribution in [1.29, 1.82) is 0 Å². The highest BCUT2D eigenvalue weighted by molar-refractivity contribution is 8.14. The number of thioether (sulfide) groups is 1. The molecular formula is C24H36N2OS. The molecule has 154 valence electrons. The predicted molar refractivity (Wildman–Crippen MR) is 118 cm³/mol. The van der Waals surface area contributed by atoms with Crippen LogP contribution in [0.5, 0.6) is 0 Å². The van der Waals surface area contributed by atoms with Gasteiger partial charge in [0.25, 0.3) is 0 Å². The van der Waals surface area contributed by atoms with Crippen LogP contribution in [0.3, 0.4) is 0 Å². The van der Waals surface area contributed by atoms with E-state index in [4.69, 9.17) is 4.99 Å². The largest absolute Gasteiger partial charge is 0.365 e. The molecule has 5 rings (SSSR count). The quantitative estimate of drug-likeness (QED) is 0.512. The maximum absolute atomic E-state index is 12.6. The summed E-state index contributed by atoms with van der Waals surface area (Å²) < 4.78 is 0. The summed E-state index contributed by atoms with van der Waals surface area (Å²) in [6.07, 6.45) is 13.2. The third kappa shape index (κ3) is 2.69. The summed E-state index contributed by atoms with van der Waals surface area (Å²) in [6, 6.07) is 0.396. The average molecular weight is 401 g/mol. The van der Waals surface area contributed by atoms with Crippen molar-refractivity contribution >= 4 is 22.7 Å². The molecule has 0 bridgehead atoms. The average Bonchev–Trinajstić information content (AvgIpc) is 3.22. The van der Waals surface area contributed by atoms with Crippen molar-refractivity contribution < 1.29 is 4.79 Å². The third-order valence-corrected chi connectivity index (χ3v) is 10.4. The molecule has 1 N–H and O–H groups in total. The van der Waals surface area contributed by atoms with E-state index in [-0.39, 0.29) is 5.41 Å². The predicted octanol–water partition coefficient (Wildman–Crippen LogP) is 5.36. The first-order chi connectivity index (χ1) is 13.5. The fourth-order valence-electron chi connectivity index (χ4n) is 7.51. The maximum Gasteiger partial charge on any atom is 0.157 e. The van der Waals surface area contributed by atoms with Crippen molar-refractivity contribution in [3.05, 3.63) is 11.6 Å². The van der Waals surface area contributed by atoms with Gasteiger partial charge in [-0.2, -0.15) is 0 Å². The monoisotopic (exact) mass is 400 g/mol. The van der Waals surface area contributed by atoms with Crippen molar-refractivity contribution in [3.63, 3.8) is 0 Å².